The molecule has 0 aliphatic rings. The number of aryl methyl sites for hydroxylation is 1. The molecule has 1 unspecified atom stereocenters. The summed E-state index contributed by atoms with van der Waals surface area (Å²) >= 11 is 0. The lowest BCUT2D eigenvalue weighted by Gasteiger charge is -2.21. The molecule has 2 atom stereocenters. The summed E-state index contributed by atoms with van der Waals surface area (Å²) in [6.07, 6.45) is 4.44. The summed E-state index contributed by atoms with van der Waals surface area (Å²) in [6, 6.07) is 3.21. The minimum absolute atomic E-state index is 0.0232. The van der Waals surface area contributed by atoms with Crippen LogP contribution in [0.15, 0.2) is 53.9 Å². The number of fused-ring (bicyclic) bond motifs is 1. The Morgan fingerprint density at radius 3 is 2.50 bits per heavy atom. The highest BCUT2D eigenvalue weighted by Gasteiger charge is 2.32. The lowest BCUT2D eigenvalue weighted by atomic mass is 9.91. The van der Waals surface area contributed by atoms with Gasteiger partial charge in [-0.05, 0) is 70.1 Å². The number of carboxylic acid groups (broad SMARTS) is 1. The summed E-state index contributed by atoms with van der Waals surface area (Å²) in [4.78, 5) is 45.8. The van der Waals surface area contributed by atoms with E-state index >= 15 is 0 Å². The van der Waals surface area contributed by atoms with E-state index in [0.717, 1.165) is 24.3 Å². The Labute approximate surface area is 253 Å². The number of amides is 2. The highest BCUT2D eigenvalue weighted by molar-refractivity contribution is 5.98. The van der Waals surface area contributed by atoms with E-state index in [1.165, 1.54) is 22.8 Å². The Bertz CT molecular complexity index is 1580. The molecule has 0 aliphatic heterocycles. The number of carbonyl (C=O) groups excluding carboxylic acids is 2. The van der Waals surface area contributed by atoms with Crippen molar-refractivity contribution in [2.24, 2.45) is 5.92 Å². The highest BCUT2D eigenvalue weighted by Crippen LogP contribution is 2.27. The fourth-order valence-electron chi connectivity index (χ4n) is 4.50. The summed E-state index contributed by atoms with van der Waals surface area (Å²) in [5.74, 6) is -2.16. The van der Waals surface area contributed by atoms with Crippen LogP contribution in [0.1, 0.15) is 91.2 Å². The number of alkyl halides is 3. The maximum Gasteiger partial charge on any atom is 0.433 e. The Balaban J connectivity index is 1.83. The number of carboxylic acids is 1. The first-order valence-electron chi connectivity index (χ1n) is 14.2. The van der Waals surface area contributed by atoms with Gasteiger partial charge in [0.2, 0.25) is 0 Å². The van der Waals surface area contributed by atoms with Gasteiger partial charge in [0.15, 0.2) is 5.65 Å². The van der Waals surface area contributed by atoms with Crippen LogP contribution < -0.4 is 10.6 Å². The van der Waals surface area contributed by atoms with E-state index in [1.54, 1.807) is 20.8 Å². The van der Waals surface area contributed by atoms with E-state index in [4.69, 9.17) is 0 Å². The number of nitrogens with one attached hydrogen (secondary N) is 2. The van der Waals surface area contributed by atoms with Crippen molar-refractivity contribution in [2.75, 3.05) is 0 Å². The average Bonchev–Trinajstić information content (AvgIpc) is 3.37. The summed E-state index contributed by atoms with van der Waals surface area (Å²) in [7, 11) is 0. The van der Waals surface area contributed by atoms with Crippen LogP contribution in [0, 0.1) is 12.8 Å². The first-order chi connectivity index (χ1) is 20.7. The highest BCUT2D eigenvalue weighted by atomic mass is 19.4. The van der Waals surface area contributed by atoms with E-state index in [2.05, 4.69) is 25.7 Å². The Morgan fingerprint density at radius 1 is 1.11 bits per heavy atom. The predicted molar refractivity (Wildman–Crippen MR) is 158 cm³/mol. The van der Waals surface area contributed by atoms with Crippen molar-refractivity contribution >= 4 is 23.4 Å². The predicted octanol–water partition coefficient (Wildman–Crippen LogP) is 5.67. The van der Waals surface area contributed by atoms with Gasteiger partial charge in [-0.3, -0.25) is 14.6 Å². The van der Waals surface area contributed by atoms with Gasteiger partial charge in [0.25, 0.3) is 11.8 Å². The van der Waals surface area contributed by atoms with Gasteiger partial charge in [0.05, 0.1) is 6.20 Å². The first-order valence-corrected chi connectivity index (χ1v) is 14.2. The molecule has 3 aromatic rings. The number of rotatable bonds is 13. The zero-order chi connectivity index (χ0) is 32.6. The number of halogens is 3. The third-order valence-corrected chi connectivity index (χ3v) is 7.44. The fourth-order valence-corrected chi connectivity index (χ4v) is 4.50. The molecule has 44 heavy (non-hydrogen) atoms. The van der Waals surface area contributed by atoms with E-state index < -0.39 is 29.7 Å². The standard InChI is InChI=1S/C31H37F3N6O4/c1-6-7-8-9-23(11-10-18(2)20(4)21(5)30(43)44)38-29(42)25-15-24(39-27-19(3)16-37-40(25)27)28(41)36-17-22-12-13-35-26(14-22)31(32,33)34/h7-8,12-16,18,23H,6,9-11,17H2,1-5H3,(H,36,41)(H,38,42)(H,43,44)/b8-7-,21-20+/t18?,23-/m1/s1. The van der Waals surface area contributed by atoms with Crippen LogP contribution in [0.3, 0.4) is 0 Å². The summed E-state index contributed by atoms with van der Waals surface area (Å²) in [5.41, 5.74) is 1.06. The van der Waals surface area contributed by atoms with Crippen molar-refractivity contribution in [3.05, 3.63) is 82.1 Å². The molecular weight excluding hydrogens is 577 g/mol. The maximum absolute atomic E-state index is 13.6. The number of hydrogen-bond acceptors (Lipinski definition) is 6. The van der Waals surface area contributed by atoms with Gasteiger partial charge in [-0.1, -0.05) is 31.6 Å². The lowest BCUT2D eigenvalue weighted by Crippen LogP contribution is -2.36. The smallest absolute Gasteiger partial charge is 0.433 e. The van der Waals surface area contributed by atoms with Gasteiger partial charge >= 0.3 is 12.1 Å². The molecule has 0 fully saturated rings. The zero-order valence-corrected chi connectivity index (χ0v) is 25.3. The Hall–Kier alpha value is -4.55. The number of carbonyl (C=O) groups is 3. The van der Waals surface area contributed by atoms with E-state index in [-0.39, 0.29) is 41.1 Å². The zero-order valence-electron chi connectivity index (χ0n) is 25.3. The fraction of sp³-hybridized carbons (Fsp3) is 0.419. The van der Waals surface area contributed by atoms with Crippen molar-refractivity contribution in [3.63, 3.8) is 0 Å². The third kappa shape index (κ3) is 8.74. The summed E-state index contributed by atoms with van der Waals surface area (Å²) in [5, 5.41) is 19.2. The monoisotopic (exact) mass is 614 g/mol. The maximum atomic E-state index is 13.6. The molecule has 0 aliphatic carbocycles. The molecule has 0 saturated heterocycles. The second-order valence-corrected chi connectivity index (χ2v) is 10.7. The van der Waals surface area contributed by atoms with Crippen LogP contribution in [0.2, 0.25) is 0 Å². The molecule has 2 amide bonds. The van der Waals surface area contributed by atoms with Crippen LogP contribution >= 0.6 is 0 Å². The van der Waals surface area contributed by atoms with Crippen molar-refractivity contribution in [3.8, 4) is 0 Å². The second kappa shape index (κ2) is 14.8. The molecule has 13 heteroatoms. The topological polar surface area (TPSA) is 139 Å². The largest absolute Gasteiger partial charge is 0.478 e. The molecular formula is C31H37F3N6O4. The molecule has 0 aromatic carbocycles. The van der Waals surface area contributed by atoms with Crippen molar-refractivity contribution in [2.45, 2.75) is 79.1 Å². The number of hydrogen-bond donors (Lipinski definition) is 3. The van der Waals surface area contributed by atoms with Crippen molar-refractivity contribution in [1.82, 2.24) is 30.2 Å². The van der Waals surface area contributed by atoms with Crippen LogP contribution in [0.5, 0.6) is 0 Å². The third-order valence-electron chi connectivity index (χ3n) is 7.44. The van der Waals surface area contributed by atoms with E-state index in [0.29, 0.717) is 30.4 Å². The number of nitrogens with zero attached hydrogens (tertiary/aromatic N) is 4. The molecule has 0 radical (unpaired) electrons. The van der Waals surface area contributed by atoms with Crippen LogP contribution in [0.4, 0.5) is 13.2 Å². The molecule has 0 saturated carbocycles. The van der Waals surface area contributed by atoms with Gasteiger partial charge in [-0.25, -0.2) is 14.3 Å². The molecule has 236 valence electrons. The molecule has 3 heterocycles. The number of aromatic nitrogens is 4. The van der Waals surface area contributed by atoms with E-state index in [1.807, 2.05) is 26.0 Å². The van der Waals surface area contributed by atoms with Crippen molar-refractivity contribution in [1.29, 1.82) is 0 Å². The van der Waals surface area contributed by atoms with Gasteiger partial charge in [0.1, 0.15) is 17.1 Å². The molecule has 0 bridgehead atoms. The normalized spacial score (nSPS) is 13.9. The number of pyridine rings is 1. The molecule has 0 spiro atoms. The molecule has 3 rings (SSSR count). The lowest BCUT2D eigenvalue weighted by molar-refractivity contribution is -0.141. The average molecular weight is 615 g/mol. The van der Waals surface area contributed by atoms with Crippen molar-refractivity contribution < 1.29 is 32.7 Å². The van der Waals surface area contributed by atoms with Crippen LogP contribution in [0.25, 0.3) is 5.65 Å². The summed E-state index contributed by atoms with van der Waals surface area (Å²) < 4.78 is 40.4. The second-order valence-electron chi connectivity index (χ2n) is 10.7. The number of aliphatic carboxylic acids is 1. The van der Waals surface area contributed by atoms with Gasteiger partial charge in [-0.2, -0.15) is 18.3 Å². The molecule has 10 nitrogen and oxygen atoms in total. The molecule has 3 N–H and O–H groups in total. The minimum atomic E-state index is -4.62. The minimum Gasteiger partial charge on any atom is -0.478 e. The SMILES string of the molecule is CC/C=C\C[C@H](CCC(C)/C(C)=C(\C)C(=O)O)NC(=O)c1cc(C(=O)NCc2ccnc(C(F)(F)F)c2)nc2c(C)cnn12. The van der Waals surface area contributed by atoms with Crippen LogP contribution in [-0.2, 0) is 17.5 Å². The summed E-state index contributed by atoms with van der Waals surface area (Å²) in [6.45, 7) is 8.83. The van der Waals surface area contributed by atoms with Crippen LogP contribution in [-0.4, -0.2) is 48.5 Å². The Morgan fingerprint density at radius 2 is 1.84 bits per heavy atom. The quantitative estimate of drug-likeness (QED) is 0.167. The van der Waals surface area contributed by atoms with Gasteiger partial charge in [-0.15, -0.1) is 0 Å². The van der Waals surface area contributed by atoms with Gasteiger partial charge in [0, 0.05) is 36.0 Å². The number of allylic oxidation sites excluding steroid dienone is 2. The molecule has 3 aromatic heterocycles. The van der Waals surface area contributed by atoms with E-state index in [9.17, 15) is 32.7 Å². The Kier molecular flexibility index (Phi) is 11.4. The first kappa shape index (κ1) is 33.9. The van der Waals surface area contributed by atoms with Gasteiger partial charge < -0.3 is 15.7 Å².